The van der Waals surface area contributed by atoms with E-state index in [1.807, 2.05) is 53.2 Å². The Balaban J connectivity index is 1.55. The molecule has 5 rings (SSSR count). The van der Waals surface area contributed by atoms with Crippen molar-refractivity contribution in [1.82, 2.24) is 29.7 Å². The molecule has 7 nitrogen and oxygen atoms in total. The molecule has 0 aliphatic carbocycles. The van der Waals surface area contributed by atoms with Gasteiger partial charge in [-0.05, 0) is 36.4 Å². The Hall–Kier alpha value is -3.74. The van der Waals surface area contributed by atoms with E-state index in [4.69, 9.17) is 0 Å². The summed E-state index contributed by atoms with van der Waals surface area (Å²) in [6.07, 6.45) is 7.31. The van der Waals surface area contributed by atoms with Crippen molar-refractivity contribution in [3.63, 3.8) is 0 Å². The van der Waals surface area contributed by atoms with Gasteiger partial charge in [0.1, 0.15) is 5.82 Å². The van der Waals surface area contributed by atoms with E-state index in [1.54, 1.807) is 18.6 Å². The Morgan fingerprint density at radius 3 is 2.88 bits per heavy atom. The summed E-state index contributed by atoms with van der Waals surface area (Å²) in [5, 5.41) is 12.3. The lowest BCUT2D eigenvalue weighted by molar-refractivity contribution is 1.02. The molecule has 0 saturated heterocycles. The van der Waals surface area contributed by atoms with E-state index in [9.17, 15) is 0 Å². The van der Waals surface area contributed by atoms with Crippen LogP contribution in [0.1, 0.15) is 0 Å². The molecule has 4 aromatic heterocycles. The monoisotopic (exact) mass is 327 g/mol. The Morgan fingerprint density at radius 1 is 0.960 bits per heavy atom. The van der Waals surface area contributed by atoms with Crippen LogP contribution >= 0.6 is 0 Å². The standard InChI is InChI=1S/C18H13N7/c1-2-7-19-16(3-1)25-8-6-13-10-20-18(23-17(13)25)22-14-5-4-12-11-21-24-15(12)9-14/h1-11H,(H,21,24)(H,20,22,23). The summed E-state index contributed by atoms with van der Waals surface area (Å²) < 4.78 is 1.94. The lowest BCUT2D eigenvalue weighted by Gasteiger charge is -2.07. The van der Waals surface area contributed by atoms with Crippen LogP contribution in [-0.4, -0.2) is 29.7 Å². The molecule has 0 aliphatic heterocycles. The highest BCUT2D eigenvalue weighted by molar-refractivity contribution is 5.83. The predicted molar refractivity (Wildman–Crippen MR) is 96.0 cm³/mol. The number of aromatic nitrogens is 6. The number of fused-ring (bicyclic) bond motifs is 2. The molecule has 2 N–H and O–H groups in total. The van der Waals surface area contributed by atoms with Crippen molar-refractivity contribution in [2.24, 2.45) is 0 Å². The van der Waals surface area contributed by atoms with Gasteiger partial charge in [-0.1, -0.05) is 6.07 Å². The van der Waals surface area contributed by atoms with Gasteiger partial charge < -0.3 is 5.32 Å². The normalized spacial score (nSPS) is 11.2. The maximum absolute atomic E-state index is 4.65. The Morgan fingerprint density at radius 2 is 1.96 bits per heavy atom. The fourth-order valence-corrected chi connectivity index (χ4v) is 2.80. The molecule has 0 bridgehead atoms. The van der Waals surface area contributed by atoms with Gasteiger partial charge in [-0.2, -0.15) is 10.1 Å². The van der Waals surface area contributed by atoms with E-state index in [2.05, 4.69) is 30.5 Å². The summed E-state index contributed by atoms with van der Waals surface area (Å²) >= 11 is 0. The molecule has 7 heteroatoms. The molecule has 5 aromatic rings. The van der Waals surface area contributed by atoms with Crippen LogP contribution in [0.3, 0.4) is 0 Å². The van der Waals surface area contributed by atoms with Crippen LogP contribution in [0, 0.1) is 0 Å². The molecular weight excluding hydrogens is 314 g/mol. The quantitative estimate of drug-likeness (QED) is 0.530. The third-order valence-corrected chi connectivity index (χ3v) is 4.02. The van der Waals surface area contributed by atoms with Gasteiger partial charge >= 0.3 is 0 Å². The number of hydrogen-bond acceptors (Lipinski definition) is 5. The van der Waals surface area contributed by atoms with Crippen LogP contribution in [0.2, 0.25) is 0 Å². The number of anilines is 2. The number of aromatic amines is 1. The maximum Gasteiger partial charge on any atom is 0.229 e. The third-order valence-electron chi connectivity index (χ3n) is 4.02. The summed E-state index contributed by atoms with van der Waals surface area (Å²) in [5.74, 6) is 1.35. The van der Waals surface area contributed by atoms with Gasteiger partial charge in [0.2, 0.25) is 5.95 Å². The summed E-state index contributed by atoms with van der Waals surface area (Å²) in [5.41, 5.74) is 2.66. The Bertz CT molecular complexity index is 1170. The average molecular weight is 327 g/mol. The lowest BCUT2D eigenvalue weighted by Crippen LogP contribution is -2.00. The van der Waals surface area contributed by atoms with Gasteiger partial charge in [0.25, 0.3) is 0 Å². The van der Waals surface area contributed by atoms with Crippen LogP contribution in [0.4, 0.5) is 11.6 Å². The highest BCUT2D eigenvalue weighted by Crippen LogP contribution is 2.22. The average Bonchev–Trinajstić information content (AvgIpc) is 3.28. The third kappa shape index (κ3) is 2.38. The molecule has 0 amide bonds. The van der Waals surface area contributed by atoms with E-state index in [1.165, 1.54) is 0 Å². The Labute approximate surface area is 142 Å². The number of H-pyrrole nitrogens is 1. The molecule has 0 saturated carbocycles. The molecule has 0 aliphatic rings. The van der Waals surface area contributed by atoms with Crippen LogP contribution in [0.5, 0.6) is 0 Å². The van der Waals surface area contributed by atoms with Crippen molar-refractivity contribution in [3.8, 4) is 5.82 Å². The largest absolute Gasteiger partial charge is 0.324 e. The van der Waals surface area contributed by atoms with Crippen LogP contribution in [0.25, 0.3) is 27.8 Å². The van der Waals surface area contributed by atoms with Crippen molar-refractivity contribution >= 4 is 33.6 Å². The smallest absolute Gasteiger partial charge is 0.229 e. The topological polar surface area (TPSA) is 84.3 Å². The second-order valence-corrected chi connectivity index (χ2v) is 5.64. The van der Waals surface area contributed by atoms with Gasteiger partial charge in [-0.25, -0.2) is 9.97 Å². The van der Waals surface area contributed by atoms with E-state index in [0.29, 0.717) is 5.95 Å². The first kappa shape index (κ1) is 13.7. The fourth-order valence-electron chi connectivity index (χ4n) is 2.80. The van der Waals surface area contributed by atoms with Gasteiger partial charge in [0.15, 0.2) is 5.65 Å². The highest BCUT2D eigenvalue weighted by Gasteiger charge is 2.08. The van der Waals surface area contributed by atoms with Gasteiger partial charge in [-0.3, -0.25) is 9.67 Å². The van der Waals surface area contributed by atoms with Crippen molar-refractivity contribution in [2.75, 3.05) is 5.32 Å². The summed E-state index contributed by atoms with van der Waals surface area (Å²) in [7, 11) is 0. The summed E-state index contributed by atoms with van der Waals surface area (Å²) in [6, 6.07) is 13.7. The first-order valence-electron chi connectivity index (χ1n) is 7.82. The van der Waals surface area contributed by atoms with Crippen molar-refractivity contribution in [3.05, 3.63) is 67.3 Å². The van der Waals surface area contributed by atoms with Crippen LogP contribution < -0.4 is 5.32 Å². The molecule has 0 unspecified atom stereocenters. The molecule has 120 valence electrons. The second kappa shape index (κ2) is 5.41. The number of pyridine rings is 1. The van der Waals surface area contributed by atoms with E-state index < -0.39 is 0 Å². The molecule has 25 heavy (non-hydrogen) atoms. The van der Waals surface area contributed by atoms with E-state index >= 15 is 0 Å². The SMILES string of the molecule is c1ccc(-n2ccc3cnc(Nc4ccc5cn[nH]c5c4)nc32)nc1. The molecule has 0 atom stereocenters. The van der Waals surface area contributed by atoms with Gasteiger partial charge in [0, 0.05) is 35.1 Å². The van der Waals surface area contributed by atoms with Crippen LogP contribution in [-0.2, 0) is 0 Å². The van der Waals surface area contributed by atoms with E-state index in [-0.39, 0.29) is 0 Å². The zero-order chi connectivity index (χ0) is 16.6. The summed E-state index contributed by atoms with van der Waals surface area (Å²) in [4.78, 5) is 13.4. The Kier molecular flexibility index (Phi) is 2.96. The minimum Gasteiger partial charge on any atom is -0.324 e. The maximum atomic E-state index is 4.65. The number of nitrogens with zero attached hydrogens (tertiary/aromatic N) is 5. The lowest BCUT2D eigenvalue weighted by atomic mass is 10.2. The molecule has 0 fully saturated rings. The zero-order valence-electron chi connectivity index (χ0n) is 13.1. The van der Waals surface area contributed by atoms with Gasteiger partial charge in [0.05, 0.1) is 11.7 Å². The molecule has 4 heterocycles. The van der Waals surface area contributed by atoms with Crippen LogP contribution in [0.15, 0.2) is 67.3 Å². The predicted octanol–water partition coefficient (Wildman–Crippen LogP) is 3.44. The van der Waals surface area contributed by atoms with Crippen molar-refractivity contribution in [2.45, 2.75) is 0 Å². The number of benzene rings is 1. The minimum absolute atomic E-state index is 0.530. The number of hydrogen-bond donors (Lipinski definition) is 2. The van der Waals surface area contributed by atoms with Crippen molar-refractivity contribution in [1.29, 1.82) is 0 Å². The minimum atomic E-state index is 0.530. The number of rotatable bonds is 3. The molecular formula is C18H13N7. The van der Waals surface area contributed by atoms with Gasteiger partial charge in [-0.15, -0.1) is 0 Å². The first-order chi connectivity index (χ1) is 12.4. The zero-order valence-corrected chi connectivity index (χ0v) is 13.1. The molecule has 0 spiro atoms. The first-order valence-corrected chi connectivity index (χ1v) is 7.82. The molecule has 0 radical (unpaired) electrons. The van der Waals surface area contributed by atoms with Crippen molar-refractivity contribution < 1.29 is 0 Å². The molecule has 1 aromatic carbocycles. The fraction of sp³-hybridized carbons (Fsp3) is 0. The second-order valence-electron chi connectivity index (χ2n) is 5.64. The summed E-state index contributed by atoms with van der Waals surface area (Å²) in [6.45, 7) is 0. The number of nitrogens with one attached hydrogen (secondary N) is 2. The highest BCUT2D eigenvalue weighted by atomic mass is 15.2. The van der Waals surface area contributed by atoms with E-state index in [0.717, 1.165) is 33.4 Å².